The standard InChI is InChI=1S/C15H18N6/c1-11(14-9-18-20-21(14)2)19-15(13-8-16-10-17-13)12-6-4-3-5-7-12/h3-11,15,19H,1-2H3,(H,16,17)/t11-,15?/m1/s1. The maximum absolute atomic E-state index is 4.13. The summed E-state index contributed by atoms with van der Waals surface area (Å²) in [5, 5.41) is 11.5. The molecule has 0 saturated carbocycles. The van der Waals surface area contributed by atoms with Crippen LogP contribution < -0.4 is 5.32 Å². The number of nitrogens with zero attached hydrogens (tertiary/aromatic N) is 4. The average Bonchev–Trinajstić information content (AvgIpc) is 3.17. The van der Waals surface area contributed by atoms with Gasteiger partial charge in [0.15, 0.2) is 0 Å². The second-order valence-electron chi connectivity index (χ2n) is 5.02. The molecule has 3 rings (SSSR count). The molecule has 1 unspecified atom stereocenters. The number of benzene rings is 1. The van der Waals surface area contributed by atoms with Gasteiger partial charge in [0.05, 0.1) is 30.0 Å². The summed E-state index contributed by atoms with van der Waals surface area (Å²) in [6.07, 6.45) is 5.33. The van der Waals surface area contributed by atoms with Crippen LogP contribution in [0.15, 0.2) is 49.1 Å². The highest BCUT2D eigenvalue weighted by molar-refractivity contribution is 5.27. The van der Waals surface area contributed by atoms with Crippen molar-refractivity contribution in [3.8, 4) is 0 Å². The number of H-pyrrole nitrogens is 1. The summed E-state index contributed by atoms with van der Waals surface area (Å²) in [5.41, 5.74) is 3.25. The number of aromatic amines is 1. The lowest BCUT2D eigenvalue weighted by Gasteiger charge is -2.22. The van der Waals surface area contributed by atoms with E-state index in [4.69, 9.17) is 0 Å². The Kier molecular flexibility index (Phi) is 3.79. The number of rotatable bonds is 5. The van der Waals surface area contributed by atoms with Crippen molar-refractivity contribution in [3.63, 3.8) is 0 Å². The average molecular weight is 282 g/mol. The lowest BCUT2D eigenvalue weighted by molar-refractivity contribution is 0.481. The molecule has 0 radical (unpaired) electrons. The predicted molar refractivity (Wildman–Crippen MR) is 79.4 cm³/mol. The molecule has 0 amide bonds. The first-order chi connectivity index (χ1) is 10.3. The van der Waals surface area contributed by atoms with E-state index < -0.39 is 0 Å². The first-order valence-electron chi connectivity index (χ1n) is 6.89. The summed E-state index contributed by atoms with van der Waals surface area (Å²) in [4.78, 5) is 7.32. The van der Waals surface area contributed by atoms with Crippen molar-refractivity contribution in [2.24, 2.45) is 7.05 Å². The second-order valence-corrected chi connectivity index (χ2v) is 5.02. The monoisotopic (exact) mass is 282 g/mol. The molecule has 3 aromatic rings. The van der Waals surface area contributed by atoms with Crippen LogP contribution in [-0.4, -0.2) is 25.0 Å². The van der Waals surface area contributed by atoms with E-state index in [0.29, 0.717) is 0 Å². The molecule has 108 valence electrons. The molecule has 1 aromatic carbocycles. The number of aryl methyl sites for hydroxylation is 1. The number of aromatic nitrogens is 5. The Morgan fingerprint density at radius 1 is 1.19 bits per heavy atom. The molecule has 2 heterocycles. The zero-order valence-corrected chi connectivity index (χ0v) is 12.1. The smallest absolute Gasteiger partial charge is 0.0922 e. The van der Waals surface area contributed by atoms with Crippen molar-refractivity contribution < 1.29 is 0 Å². The summed E-state index contributed by atoms with van der Waals surface area (Å²) < 4.78 is 1.78. The maximum Gasteiger partial charge on any atom is 0.0922 e. The third-order valence-electron chi connectivity index (χ3n) is 3.57. The SMILES string of the molecule is C[C@@H](NC(c1ccccc1)c1cnc[nH]1)c1cnnn1C. The van der Waals surface area contributed by atoms with Crippen molar-refractivity contribution in [1.82, 2.24) is 30.3 Å². The Morgan fingerprint density at radius 3 is 2.62 bits per heavy atom. The molecule has 2 atom stereocenters. The van der Waals surface area contributed by atoms with Crippen molar-refractivity contribution in [1.29, 1.82) is 0 Å². The summed E-state index contributed by atoms with van der Waals surface area (Å²) in [6, 6.07) is 10.5. The van der Waals surface area contributed by atoms with E-state index in [2.05, 4.69) is 44.7 Å². The Labute approximate surface area is 123 Å². The summed E-state index contributed by atoms with van der Waals surface area (Å²) >= 11 is 0. The topological polar surface area (TPSA) is 71.4 Å². The largest absolute Gasteiger partial charge is 0.347 e. The van der Waals surface area contributed by atoms with Gasteiger partial charge in [-0.2, -0.15) is 0 Å². The van der Waals surface area contributed by atoms with Crippen molar-refractivity contribution in [2.45, 2.75) is 19.0 Å². The van der Waals surface area contributed by atoms with Gasteiger partial charge in [0.25, 0.3) is 0 Å². The Bertz CT molecular complexity index is 673. The molecule has 0 aliphatic heterocycles. The van der Waals surface area contributed by atoms with Gasteiger partial charge >= 0.3 is 0 Å². The molecule has 0 saturated heterocycles. The minimum Gasteiger partial charge on any atom is -0.347 e. The highest BCUT2D eigenvalue weighted by Crippen LogP contribution is 2.23. The molecular formula is C15H18N6. The van der Waals surface area contributed by atoms with E-state index in [1.807, 2.05) is 31.4 Å². The second kappa shape index (κ2) is 5.88. The molecule has 0 spiro atoms. The van der Waals surface area contributed by atoms with Gasteiger partial charge in [0.1, 0.15) is 0 Å². The third kappa shape index (κ3) is 2.85. The number of imidazole rings is 1. The van der Waals surface area contributed by atoms with Crippen molar-refractivity contribution in [3.05, 3.63) is 66.0 Å². The summed E-state index contributed by atoms with van der Waals surface area (Å²) in [7, 11) is 1.90. The predicted octanol–water partition coefficient (Wildman–Crippen LogP) is 1.98. The molecule has 21 heavy (non-hydrogen) atoms. The fraction of sp³-hybridized carbons (Fsp3) is 0.267. The third-order valence-corrected chi connectivity index (χ3v) is 3.57. The Balaban J connectivity index is 1.89. The molecule has 0 aliphatic rings. The lowest BCUT2D eigenvalue weighted by atomic mass is 10.0. The number of hydrogen-bond donors (Lipinski definition) is 2. The zero-order valence-electron chi connectivity index (χ0n) is 12.1. The molecule has 0 aliphatic carbocycles. The summed E-state index contributed by atoms with van der Waals surface area (Å²) in [6.45, 7) is 2.10. The molecule has 2 aromatic heterocycles. The molecule has 6 heteroatoms. The van der Waals surface area contributed by atoms with Gasteiger partial charge in [0, 0.05) is 19.3 Å². The quantitative estimate of drug-likeness (QED) is 0.750. The van der Waals surface area contributed by atoms with Crippen LogP contribution in [-0.2, 0) is 7.05 Å². The van der Waals surface area contributed by atoms with Gasteiger partial charge in [-0.05, 0) is 12.5 Å². The minimum absolute atomic E-state index is 0.0404. The lowest BCUT2D eigenvalue weighted by Crippen LogP contribution is -2.27. The summed E-state index contributed by atoms with van der Waals surface area (Å²) in [5.74, 6) is 0. The van der Waals surface area contributed by atoms with Crippen LogP contribution in [0.1, 0.15) is 36.0 Å². The van der Waals surface area contributed by atoms with Gasteiger partial charge in [-0.1, -0.05) is 35.5 Å². The van der Waals surface area contributed by atoms with Crippen LogP contribution in [0, 0.1) is 0 Å². The van der Waals surface area contributed by atoms with Gasteiger partial charge in [-0.15, -0.1) is 5.10 Å². The number of hydrogen-bond acceptors (Lipinski definition) is 4. The maximum atomic E-state index is 4.13. The molecule has 2 N–H and O–H groups in total. The molecule has 6 nitrogen and oxygen atoms in total. The molecule has 0 bridgehead atoms. The van der Waals surface area contributed by atoms with Crippen LogP contribution in [0.4, 0.5) is 0 Å². The Hall–Kier alpha value is -2.47. The zero-order chi connectivity index (χ0) is 14.7. The fourth-order valence-electron chi connectivity index (χ4n) is 2.46. The van der Waals surface area contributed by atoms with E-state index >= 15 is 0 Å². The van der Waals surface area contributed by atoms with Crippen LogP contribution in [0.2, 0.25) is 0 Å². The minimum atomic E-state index is 0.0404. The van der Waals surface area contributed by atoms with Crippen LogP contribution >= 0.6 is 0 Å². The Morgan fingerprint density at radius 2 is 2.00 bits per heavy atom. The van der Waals surface area contributed by atoms with Crippen molar-refractivity contribution in [2.75, 3.05) is 0 Å². The van der Waals surface area contributed by atoms with Gasteiger partial charge in [-0.25, -0.2) is 4.98 Å². The van der Waals surface area contributed by atoms with E-state index in [0.717, 1.165) is 11.4 Å². The molecule has 0 fully saturated rings. The first-order valence-corrected chi connectivity index (χ1v) is 6.89. The van der Waals surface area contributed by atoms with E-state index in [1.54, 1.807) is 17.2 Å². The first kappa shape index (κ1) is 13.5. The highest BCUT2D eigenvalue weighted by Gasteiger charge is 2.20. The number of nitrogens with one attached hydrogen (secondary N) is 2. The fourth-order valence-corrected chi connectivity index (χ4v) is 2.46. The van der Waals surface area contributed by atoms with E-state index in [9.17, 15) is 0 Å². The van der Waals surface area contributed by atoms with E-state index in [-0.39, 0.29) is 12.1 Å². The van der Waals surface area contributed by atoms with Gasteiger partial charge in [0.2, 0.25) is 0 Å². The van der Waals surface area contributed by atoms with E-state index in [1.165, 1.54) is 5.56 Å². The van der Waals surface area contributed by atoms with Crippen LogP contribution in [0.25, 0.3) is 0 Å². The van der Waals surface area contributed by atoms with Crippen LogP contribution in [0.5, 0.6) is 0 Å². The van der Waals surface area contributed by atoms with Crippen molar-refractivity contribution >= 4 is 0 Å². The molecular weight excluding hydrogens is 264 g/mol. The van der Waals surface area contributed by atoms with Gasteiger partial charge < -0.3 is 4.98 Å². The highest BCUT2D eigenvalue weighted by atomic mass is 15.4. The van der Waals surface area contributed by atoms with Gasteiger partial charge in [-0.3, -0.25) is 10.00 Å². The normalized spacial score (nSPS) is 14.0. The van der Waals surface area contributed by atoms with Crippen LogP contribution in [0.3, 0.4) is 0 Å².